The smallest absolute Gasteiger partial charge is 0.319 e. The fourth-order valence-electron chi connectivity index (χ4n) is 4.97. The molecule has 5 rings (SSSR count). The van der Waals surface area contributed by atoms with Gasteiger partial charge in [0.15, 0.2) is 11.5 Å². The van der Waals surface area contributed by atoms with Crippen LogP contribution in [0.25, 0.3) is 22.6 Å². The van der Waals surface area contributed by atoms with E-state index in [1.165, 1.54) is 0 Å². The van der Waals surface area contributed by atoms with Gasteiger partial charge in [-0.2, -0.15) is 0 Å². The van der Waals surface area contributed by atoms with Crippen LogP contribution in [0.5, 0.6) is 17.2 Å². The Morgan fingerprint density at radius 1 is 0.854 bits per heavy atom. The Balaban J connectivity index is 1.31. The first-order valence-electron chi connectivity index (χ1n) is 13.3. The van der Waals surface area contributed by atoms with Gasteiger partial charge in [0.05, 0.1) is 38.1 Å². The minimum Gasteiger partial charge on any atom is -0.497 e. The molecule has 3 amide bonds. The van der Waals surface area contributed by atoms with Crippen molar-refractivity contribution in [2.75, 3.05) is 39.7 Å². The summed E-state index contributed by atoms with van der Waals surface area (Å²) in [6, 6.07) is 20.1. The van der Waals surface area contributed by atoms with Gasteiger partial charge >= 0.3 is 6.03 Å². The van der Waals surface area contributed by atoms with Crippen molar-refractivity contribution in [1.29, 1.82) is 0 Å². The van der Waals surface area contributed by atoms with Crippen molar-refractivity contribution in [2.24, 2.45) is 0 Å². The van der Waals surface area contributed by atoms with E-state index in [9.17, 15) is 9.59 Å². The number of aromatic nitrogens is 1. The van der Waals surface area contributed by atoms with Crippen molar-refractivity contribution in [3.8, 4) is 17.2 Å². The molecule has 0 saturated carbocycles. The number of carbonyl (C=O) groups excluding carboxylic acids is 2. The molecule has 9 nitrogen and oxygen atoms in total. The normalized spacial score (nSPS) is 13.0. The predicted molar refractivity (Wildman–Crippen MR) is 160 cm³/mol. The van der Waals surface area contributed by atoms with Crippen LogP contribution >= 0.6 is 0 Å². The van der Waals surface area contributed by atoms with Gasteiger partial charge in [0.2, 0.25) is 0 Å². The maximum atomic E-state index is 13.5. The predicted octanol–water partition coefficient (Wildman–Crippen LogP) is 5.30. The lowest BCUT2D eigenvalue weighted by atomic mass is 10.00. The lowest BCUT2D eigenvalue weighted by Gasteiger charge is -2.14. The van der Waals surface area contributed by atoms with E-state index < -0.39 is 0 Å². The van der Waals surface area contributed by atoms with Crippen LogP contribution in [0.4, 0.5) is 10.5 Å². The Labute approximate surface area is 238 Å². The highest BCUT2D eigenvalue weighted by atomic mass is 16.5. The van der Waals surface area contributed by atoms with Gasteiger partial charge in [0.25, 0.3) is 5.91 Å². The van der Waals surface area contributed by atoms with Crippen molar-refractivity contribution in [2.45, 2.75) is 12.8 Å². The number of anilines is 1. The number of pyridine rings is 1. The Bertz CT molecular complexity index is 1610. The average Bonchev–Trinajstić information content (AvgIpc) is 3.39. The topological polar surface area (TPSA) is 111 Å². The third-order valence-corrected chi connectivity index (χ3v) is 6.96. The molecule has 1 aliphatic rings. The highest BCUT2D eigenvalue weighted by molar-refractivity contribution is 6.09. The van der Waals surface area contributed by atoms with E-state index in [0.717, 1.165) is 39.7 Å². The minimum absolute atomic E-state index is 0.190. The van der Waals surface area contributed by atoms with Gasteiger partial charge in [-0.3, -0.25) is 4.79 Å². The molecule has 0 saturated heterocycles. The Morgan fingerprint density at radius 3 is 2.37 bits per heavy atom. The van der Waals surface area contributed by atoms with Crippen LogP contribution in [0.1, 0.15) is 33.6 Å². The number of hydrogen-bond donors (Lipinski definition) is 3. The van der Waals surface area contributed by atoms with Crippen LogP contribution in [0.2, 0.25) is 0 Å². The maximum Gasteiger partial charge on any atom is 0.319 e. The monoisotopic (exact) mass is 552 g/mol. The van der Waals surface area contributed by atoms with Gasteiger partial charge in [-0.1, -0.05) is 24.3 Å². The number of nitrogens with one attached hydrogen (secondary N) is 3. The molecule has 0 bridgehead atoms. The number of urea groups is 1. The first-order valence-corrected chi connectivity index (χ1v) is 13.3. The van der Waals surface area contributed by atoms with Crippen LogP contribution in [0.15, 0.2) is 66.7 Å². The molecule has 3 N–H and O–H groups in total. The summed E-state index contributed by atoms with van der Waals surface area (Å²) < 4.78 is 16.0. The number of amides is 3. The van der Waals surface area contributed by atoms with Gasteiger partial charge in [0, 0.05) is 24.2 Å². The Morgan fingerprint density at radius 2 is 1.61 bits per heavy atom. The second-order valence-electron chi connectivity index (χ2n) is 9.48. The third kappa shape index (κ3) is 6.09. The second kappa shape index (κ2) is 12.4. The number of rotatable bonds is 9. The molecule has 4 aromatic rings. The van der Waals surface area contributed by atoms with Crippen LogP contribution in [-0.4, -0.2) is 51.3 Å². The zero-order chi connectivity index (χ0) is 28.8. The summed E-state index contributed by atoms with van der Waals surface area (Å²) in [7, 11) is 4.81. The van der Waals surface area contributed by atoms with Gasteiger partial charge in [-0.25, -0.2) is 9.78 Å². The molecule has 1 aromatic heterocycles. The molecular weight excluding hydrogens is 520 g/mol. The number of hydrogen-bond acceptors (Lipinski definition) is 6. The largest absolute Gasteiger partial charge is 0.497 e. The van der Waals surface area contributed by atoms with E-state index in [1.807, 2.05) is 42.5 Å². The molecule has 0 fully saturated rings. The molecule has 1 heterocycles. The average molecular weight is 553 g/mol. The highest BCUT2D eigenvalue weighted by Gasteiger charge is 2.26. The number of benzene rings is 3. The van der Waals surface area contributed by atoms with Crippen LogP contribution in [-0.2, 0) is 6.42 Å². The van der Waals surface area contributed by atoms with Crippen molar-refractivity contribution in [3.63, 3.8) is 0 Å². The fraction of sp³-hybridized carbons (Fsp3) is 0.219. The van der Waals surface area contributed by atoms with Gasteiger partial charge < -0.3 is 30.2 Å². The first kappa shape index (κ1) is 27.5. The van der Waals surface area contributed by atoms with E-state index in [0.29, 0.717) is 34.9 Å². The van der Waals surface area contributed by atoms with Gasteiger partial charge in [-0.15, -0.1) is 0 Å². The van der Waals surface area contributed by atoms with E-state index >= 15 is 0 Å². The molecule has 0 radical (unpaired) electrons. The number of para-hydroxylation sites is 1. The number of ether oxygens (including phenoxy) is 3. The van der Waals surface area contributed by atoms with Crippen molar-refractivity contribution in [3.05, 3.63) is 89.1 Å². The zero-order valence-corrected chi connectivity index (χ0v) is 23.2. The van der Waals surface area contributed by atoms with E-state index in [1.54, 1.807) is 45.6 Å². The van der Waals surface area contributed by atoms with E-state index in [-0.39, 0.29) is 25.0 Å². The van der Waals surface area contributed by atoms with Crippen molar-refractivity contribution in [1.82, 2.24) is 15.6 Å². The summed E-state index contributed by atoms with van der Waals surface area (Å²) in [6.07, 6.45) is 3.56. The minimum atomic E-state index is -0.357. The van der Waals surface area contributed by atoms with E-state index in [2.05, 4.69) is 22.0 Å². The van der Waals surface area contributed by atoms with Crippen LogP contribution in [0.3, 0.4) is 0 Å². The van der Waals surface area contributed by atoms with Crippen LogP contribution in [0, 0.1) is 0 Å². The number of nitrogens with zero attached hydrogens (tertiary/aromatic N) is 1. The molecule has 0 aliphatic heterocycles. The second-order valence-corrected chi connectivity index (χ2v) is 9.48. The summed E-state index contributed by atoms with van der Waals surface area (Å²) in [5, 5.41) is 9.31. The molecule has 9 heteroatoms. The number of carbonyl (C=O) groups is 2. The molecule has 0 atom stereocenters. The molecule has 3 aromatic carbocycles. The Hall–Kier alpha value is -5.05. The molecule has 210 valence electrons. The number of allylic oxidation sites excluding steroid dienone is 1. The molecule has 0 spiro atoms. The summed E-state index contributed by atoms with van der Waals surface area (Å²) in [6.45, 7) is 0.540. The fourth-order valence-corrected chi connectivity index (χ4v) is 4.97. The van der Waals surface area contributed by atoms with Crippen molar-refractivity contribution >= 4 is 40.2 Å². The summed E-state index contributed by atoms with van der Waals surface area (Å²) in [4.78, 5) is 30.7. The molecule has 1 aliphatic carbocycles. The standard InChI is InChI=1S/C32H32N4O5/c1-39-23-12-10-22(11-13-23)35-32(38)34-17-16-33-31(37)29-24-6-4-5-7-26(24)36-30-21(9-14-25(29)30)18-20-8-15-27(40-2)28(19-20)41-3/h4-8,10-13,15,18-19H,9,14,16-17H2,1-3H3,(H,33,37)(H2,34,35,38)/b21-18+. The highest BCUT2D eigenvalue weighted by Crippen LogP contribution is 2.38. The summed E-state index contributed by atoms with van der Waals surface area (Å²) in [5.74, 6) is 1.83. The molecular formula is C32H32N4O5. The first-order chi connectivity index (χ1) is 20.0. The van der Waals surface area contributed by atoms with Gasteiger partial charge in [-0.05, 0) is 78.1 Å². The quantitative estimate of drug-likeness (QED) is 0.243. The maximum absolute atomic E-state index is 13.5. The Kier molecular flexibility index (Phi) is 8.34. The number of fused-ring (bicyclic) bond motifs is 2. The lowest BCUT2D eigenvalue weighted by molar-refractivity contribution is 0.0954. The van der Waals surface area contributed by atoms with Crippen molar-refractivity contribution < 1.29 is 23.8 Å². The summed E-state index contributed by atoms with van der Waals surface area (Å²) >= 11 is 0. The SMILES string of the molecule is COc1ccc(NC(=O)NCCNC(=O)c2c3c(nc4ccccc24)/C(=C/c2ccc(OC)c(OC)c2)CC3)cc1. The zero-order valence-electron chi connectivity index (χ0n) is 23.2. The van der Waals surface area contributed by atoms with Crippen LogP contribution < -0.4 is 30.2 Å². The molecule has 41 heavy (non-hydrogen) atoms. The van der Waals surface area contributed by atoms with E-state index in [4.69, 9.17) is 19.2 Å². The lowest BCUT2D eigenvalue weighted by Crippen LogP contribution is -2.37. The number of methoxy groups -OCH3 is 3. The van der Waals surface area contributed by atoms with Gasteiger partial charge in [0.1, 0.15) is 5.75 Å². The summed E-state index contributed by atoms with van der Waals surface area (Å²) in [5.41, 5.74) is 5.81. The third-order valence-electron chi connectivity index (χ3n) is 6.96. The molecule has 0 unspecified atom stereocenters.